The van der Waals surface area contributed by atoms with Crippen LogP contribution < -0.4 is 9.80 Å². The second-order valence-electron chi connectivity index (χ2n) is 13.3. The highest BCUT2D eigenvalue weighted by molar-refractivity contribution is 6.17. The first-order chi connectivity index (χ1) is 22.2. The minimum Gasteiger partial charge on any atom is -0.379 e. The number of aryl methyl sites for hydroxylation is 1. The number of morpholine rings is 1. The van der Waals surface area contributed by atoms with Gasteiger partial charge < -0.3 is 24.0 Å². The second kappa shape index (κ2) is 14.2. The third kappa shape index (κ3) is 6.53. The summed E-state index contributed by atoms with van der Waals surface area (Å²) in [5, 5.41) is 2.60. The molecule has 0 saturated carbocycles. The van der Waals surface area contributed by atoms with Crippen LogP contribution in [0.3, 0.4) is 0 Å². The van der Waals surface area contributed by atoms with Crippen LogP contribution in [-0.4, -0.2) is 123 Å². The van der Waals surface area contributed by atoms with Crippen molar-refractivity contribution in [1.82, 2.24) is 24.3 Å². The number of hydrogen-bond acceptors (Lipinski definition) is 7. The molecule has 5 heterocycles. The molecular weight excluding hydrogens is 558 g/mol. The van der Waals surface area contributed by atoms with Crippen LogP contribution in [0.2, 0.25) is 0 Å². The van der Waals surface area contributed by atoms with Crippen LogP contribution in [0.5, 0.6) is 0 Å². The van der Waals surface area contributed by atoms with Gasteiger partial charge >= 0.3 is 0 Å². The van der Waals surface area contributed by atoms with Crippen molar-refractivity contribution in [3.8, 4) is 0 Å². The molecule has 45 heavy (non-hydrogen) atoms. The zero-order chi connectivity index (χ0) is 30.6. The minimum absolute atomic E-state index is 0.883. The number of piperazine rings is 1. The topological polar surface area (TPSA) is 43.2 Å². The molecule has 7 rings (SSSR count). The molecule has 0 bridgehead atoms. The fourth-order valence-electron chi connectivity index (χ4n) is 7.83. The third-order valence-corrected chi connectivity index (χ3v) is 10.5. The first kappa shape index (κ1) is 30.7. The zero-order valence-electron chi connectivity index (χ0n) is 27.7. The van der Waals surface area contributed by atoms with Gasteiger partial charge in [0.2, 0.25) is 0 Å². The molecule has 0 unspecified atom stereocenters. The van der Waals surface area contributed by atoms with Crippen LogP contribution in [0, 0.1) is 0 Å². The van der Waals surface area contributed by atoms with Crippen molar-refractivity contribution in [2.75, 3.05) is 108 Å². The molecule has 2 aromatic carbocycles. The standard InChI is InChI=1S/C37H53N7O/c1-3-5-14-39(4-2)15-8-16-43-17-9-18-44-34-13-12-30(42-23-21-40(22-24-42)19-20-41-25-27-45-28-26-41)29-32(34)35-37(44)36(43)31-10-6-7-11-33(31)38-35/h6-7,10-13,29H,3-5,8-9,14-28H2,1-2H3. The van der Waals surface area contributed by atoms with E-state index in [9.17, 15) is 0 Å². The van der Waals surface area contributed by atoms with E-state index in [0.29, 0.717) is 0 Å². The van der Waals surface area contributed by atoms with Gasteiger partial charge in [-0.1, -0.05) is 38.5 Å². The molecule has 242 valence electrons. The van der Waals surface area contributed by atoms with E-state index in [1.165, 1.54) is 71.0 Å². The molecule has 0 radical (unpaired) electrons. The number of fused-ring (bicyclic) bond motifs is 5. The quantitative estimate of drug-likeness (QED) is 0.209. The molecule has 0 atom stereocenters. The summed E-state index contributed by atoms with van der Waals surface area (Å²) in [6.45, 7) is 22.0. The fourth-order valence-corrected chi connectivity index (χ4v) is 7.83. The van der Waals surface area contributed by atoms with Crippen molar-refractivity contribution >= 4 is 44.2 Å². The van der Waals surface area contributed by atoms with Gasteiger partial charge in [0.15, 0.2) is 0 Å². The lowest BCUT2D eigenvalue weighted by molar-refractivity contribution is 0.0331. The number of nitrogens with zero attached hydrogens (tertiary/aromatic N) is 7. The van der Waals surface area contributed by atoms with Gasteiger partial charge in [-0.25, -0.2) is 4.98 Å². The van der Waals surface area contributed by atoms with Gasteiger partial charge in [-0.3, -0.25) is 9.80 Å². The smallest absolute Gasteiger partial charge is 0.0989 e. The van der Waals surface area contributed by atoms with Gasteiger partial charge in [-0.15, -0.1) is 0 Å². The van der Waals surface area contributed by atoms with Crippen LogP contribution in [-0.2, 0) is 11.3 Å². The van der Waals surface area contributed by atoms with E-state index >= 15 is 0 Å². The molecular formula is C37H53N7O. The van der Waals surface area contributed by atoms with Crippen LogP contribution in [0.4, 0.5) is 11.4 Å². The molecule has 0 aliphatic carbocycles. The number of ether oxygens (including phenoxy) is 1. The predicted octanol–water partition coefficient (Wildman–Crippen LogP) is 5.52. The maximum Gasteiger partial charge on any atom is 0.0989 e. The van der Waals surface area contributed by atoms with Crippen LogP contribution in [0.15, 0.2) is 42.5 Å². The summed E-state index contributed by atoms with van der Waals surface area (Å²) in [7, 11) is 0. The van der Waals surface area contributed by atoms with Gasteiger partial charge in [-0.2, -0.15) is 0 Å². The summed E-state index contributed by atoms with van der Waals surface area (Å²) in [6, 6.07) is 16.0. The lowest BCUT2D eigenvalue weighted by Gasteiger charge is -2.37. The lowest BCUT2D eigenvalue weighted by atomic mass is 10.1. The number of pyridine rings is 1. The maximum atomic E-state index is 5.53. The number of benzene rings is 2. The van der Waals surface area contributed by atoms with Crippen LogP contribution in [0.1, 0.15) is 39.5 Å². The Morgan fingerprint density at radius 3 is 2.36 bits per heavy atom. The van der Waals surface area contributed by atoms with Crippen LogP contribution in [0.25, 0.3) is 32.8 Å². The average molecular weight is 612 g/mol. The van der Waals surface area contributed by atoms with Crippen molar-refractivity contribution in [2.24, 2.45) is 0 Å². The van der Waals surface area contributed by atoms with Crippen molar-refractivity contribution in [1.29, 1.82) is 0 Å². The van der Waals surface area contributed by atoms with Crippen molar-refractivity contribution < 1.29 is 4.74 Å². The molecule has 2 saturated heterocycles. The van der Waals surface area contributed by atoms with Crippen molar-refractivity contribution in [3.05, 3.63) is 42.5 Å². The van der Waals surface area contributed by atoms with E-state index in [4.69, 9.17) is 9.72 Å². The molecule has 0 spiro atoms. The monoisotopic (exact) mass is 611 g/mol. The van der Waals surface area contributed by atoms with Gasteiger partial charge in [0.05, 0.1) is 41.0 Å². The molecule has 0 amide bonds. The Hall–Kier alpha value is -2.91. The predicted molar refractivity (Wildman–Crippen MR) is 189 cm³/mol. The van der Waals surface area contributed by atoms with E-state index in [2.05, 4.69) is 85.4 Å². The highest BCUT2D eigenvalue weighted by Gasteiger charge is 2.26. The molecule has 8 heteroatoms. The Morgan fingerprint density at radius 1 is 0.778 bits per heavy atom. The van der Waals surface area contributed by atoms with E-state index in [-0.39, 0.29) is 0 Å². The molecule has 8 nitrogen and oxygen atoms in total. The molecule has 3 aliphatic rings. The number of unbranched alkanes of at least 4 members (excludes halogenated alkanes) is 1. The zero-order valence-corrected chi connectivity index (χ0v) is 27.7. The maximum absolute atomic E-state index is 5.53. The summed E-state index contributed by atoms with van der Waals surface area (Å²) in [5.74, 6) is 0. The number of rotatable bonds is 12. The van der Waals surface area contributed by atoms with Gasteiger partial charge in [0.25, 0.3) is 0 Å². The number of para-hydroxylation sites is 1. The van der Waals surface area contributed by atoms with E-state index in [0.717, 1.165) is 104 Å². The third-order valence-electron chi connectivity index (χ3n) is 10.5. The summed E-state index contributed by atoms with van der Waals surface area (Å²) in [6.07, 6.45) is 4.91. The molecule has 4 aromatic rings. The van der Waals surface area contributed by atoms with Crippen LogP contribution >= 0.6 is 0 Å². The first-order valence-corrected chi connectivity index (χ1v) is 17.8. The summed E-state index contributed by atoms with van der Waals surface area (Å²) < 4.78 is 8.12. The minimum atomic E-state index is 0.883. The van der Waals surface area contributed by atoms with E-state index in [1.54, 1.807) is 0 Å². The normalized spacial score (nSPS) is 18.6. The lowest BCUT2D eigenvalue weighted by Crippen LogP contribution is -2.49. The largest absolute Gasteiger partial charge is 0.379 e. The first-order valence-electron chi connectivity index (χ1n) is 17.8. The summed E-state index contributed by atoms with van der Waals surface area (Å²) in [5.41, 5.74) is 7.70. The highest BCUT2D eigenvalue weighted by Crippen LogP contribution is 2.42. The second-order valence-corrected chi connectivity index (χ2v) is 13.3. The molecule has 0 N–H and O–H groups in total. The summed E-state index contributed by atoms with van der Waals surface area (Å²) >= 11 is 0. The molecule has 2 fully saturated rings. The fraction of sp³-hybridized carbons (Fsp3) is 0.595. The van der Waals surface area contributed by atoms with Gasteiger partial charge in [0.1, 0.15) is 0 Å². The SMILES string of the molecule is CCCCN(CC)CCCN1CCCn2c3ccc(N4CCN(CCN5CCOCC5)CC4)cc3c3nc4ccccc4c1c32. The Labute approximate surface area is 269 Å². The van der Waals surface area contributed by atoms with Crippen molar-refractivity contribution in [3.63, 3.8) is 0 Å². The van der Waals surface area contributed by atoms with Gasteiger partial charge in [-0.05, 0) is 63.2 Å². The number of aromatic nitrogens is 2. The molecule has 3 aliphatic heterocycles. The average Bonchev–Trinajstić information content (AvgIpc) is 3.26. The van der Waals surface area contributed by atoms with E-state index in [1.807, 2.05) is 0 Å². The Bertz CT molecular complexity index is 1570. The number of anilines is 2. The summed E-state index contributed by atoms with van der Waals surface area (Å²) in [4.78, 5) is 18.5. The van der Waals surface area contributed by atoms with Gasteiger partial charge in [0, 0.05) is 88.5 Å². The highest BCUT2D eigenvalue weighted by atomic mass is 16.5. The molecule has 2 aromatic heterocycles. The Balaban J connectivity index is 1.15. The van der Waals surface area contributed by atoms with E-state index < -0.39 is 0 Å². The number of hydrogen-bond donors (Lipinski definition) is 0. The van der Waals surface area contributed by atoms with Crippen molar-refractivity contribution in [2.45, 2.75) is 46.1 Å². The Morgan fingerprint density at radius 2 is 1.56 bits per heavy atom. The Kier molecular flexibility index (Phi) is 9.73.